The van der Waals surface area contributed by atoms with Gasteiger partial charge in [0.1, 0.15) is 13.1 Å². The van der Waals surface area contributed by atoms with Gasteiger partial charge >= 0.3 is 12.3 Å². The molecule has 14 nitrogen and oxygen atoms in total. The van der Waals surface area contributed by atoms with E-state index >= 15 is 0 Å². The van der Waals surface area contributed by atoms with E-state index in [9.17, 15) is 9.59 Å². The monoisotopic (exact) mass is 1140 g/mol. The molecular formula is C70H90N6O8. The van der Waals surface area contributed by atoms with Crippen molar-refractivity contribution in [2.24, 2.45) is 11.8 Å². The van der Waals surface area contributed by atoms with E-state index in [4.69, 9.17) is 28.7 Å². The van der Waals surface area contributed by atoms with Gasteiger partial charge in [-0.1, -0.05) is 87.1 Å². The largest absolute Gasteiger partial charge is 0.385 e. The summed E-state index contributed by atoms with van der Waals surface area (Å²) in [4.78, 5) is 69.5. The number of hydrogen-bond acceptors (Lipinski definition) is 10. The normalized spacial score (nSPS) is 19.2. The molecule has 4 fully saturated rings. The Morgan fingerprint density at radius 2 is 1.02 bits per heavy atom. The molecule has 12 rings (SSSR count). The third kappa shape index (κ3) is 14.2. The van der Waals surface area contributed by atoms with Gasteiger partial charge in [-0.05, 0) is 180 Å². The fourth-order valence-corrected chi connectivity index (χ4v) is 15.0. The first-order valence-electron chi connectivity index (χ1n) is 31.4. The lowest BCUT2D eigenvalue weighted by molar-refractivity contribution is -0.193. The van der Waals surface area contributed by atoms with E-state index in [0.29, 0.717) is 17.8 Å². The number of nitrogens with zero attached hydrogens (tertiary/aromatic N) is 6. The van der Waals surface area contributed by atoms with E-state index in [-0.39, 0.29) is 37.2 Å². The van der Waals surface area contributed by atoms with Crippen molar-refractivity contribution in [3.63, 3.8) is 0 Å². The molecule has 4 aromatic carbocycles. The van der Waals surface area contributed by atoms with Crippen LogP contribution in [0.25, 0.3) is 44.3 Å². The van der Waals surface area contributed by atoms with Gasteiger partial charge in [-0.3, -0.25) is 9.59 Å². The minimum Gasteiger partial charge on any atom is -0.385 e. The molecule has 2 aliphatic carbocycles. The van der Waals surface area contributed by atoms with Crippen LogP contribution in [-0.2, 0) is 51.3 Å². The number of aromatic nitrogens is 2. The van der Waals surface area contributed by atoms with Gasteiger partial charge in [0.05, 0.1) is 17.1 Å². The zero-order valence-electron chi connectivity index (χ0n) is 51.0. The van der Waals surface area contributed by atoms with Crippen LogP contribution < -0.4 is 9.80 Å². The van der Waals surface area contributed by atoms with Gasteiger partial charge in [0.2, 0.25) is 11.8 Å². The number of methoxy groups -OCH3 is 2. The van der Waals surface area contributed by atoms with Crippen LogP contribution in [0.3, 0.4) is 0 Å². The van der Waals surface area contributed by atoms with Gasteiger partial charge in [-0.25, -0.2) is 0 Å². The first-order valence-corrected chi connectivity index (χ1v) is 31.4. The average molecular weight is 1140 g/mol. The van der Waals surface area contributed by atoms with Crippen molar-refractivity contribution in [2.45, 2.75) is 155 Å². The Labute approximate surface area is 497 Å². The van der Waals surface area contributed by atoms with Crippen LogP contribution in [0, 0.1) is 39.5 Å². The number of ether oxygens (including phenoxy) is 2. The van der Waals surface area contributed by atoms with Gasteiger partial charge in [-0.15, -0.1) is 0 Å². The number of carbonyl (C=O) groups is 2. The summed E-state index contributed by atoms with van der Waals surface area (Å²) in [6.45, 7) is 19.0. The Bertz CT molecular complexity index is 3290. The maximum Gasteiger partial charge on any atom is 0.373 e. The first kappa shape index (κ1) is 61.9. The molecule has 0 N–H and O–H groups in total. The van der Waals surface area contributed by atoms with Crippen molar-refractivity contribution in [2.75, 3.05) is 89.6 Å². The van der Waals surface area contributed by atoms with E-state index in [1.807, 2.05) is 12.0 Å². The van der Waals surface area contributed by atoms with Crippen molar-refractivity contribution < 1.29 is 38.2 Å². The summed E-state index contributed by atoms with van der Waals surface area (Å²) < 4.78 is 15.6. The molecule has 2 amide bonds. The van der Waals surface area contributed by atoms with E-state index in [1.165, 1.54) is 158 Å². The quantitative estimate of drug-likeness (QED) is 0.110. The molecule has 2 saturated heterocycles. The van der Waals surface area contributed by atoms with Crippen LogP contribution in [0.4, 0.5) is 11.4 Å². The smallest absolute Gasteiger partial charge is 0.373 e. The van der Waals surface area contributed by atoms with Crippen LogP contribution in [0.1, 0.15) is 148 Å². The Kier molecular flexibility index (Phi) is 21.7. The zero-order chi connectivity index (χ0) is 59.3. The Morgan fingerprint density at radius 1 is 0.536 bits per heavy atom. The predicted octanol–water partition coefficient (Wildman–Crippen LogP) is 13.0. The Balaban J connectivity index is 0.000000185. The lowest BCUT2D eigenvalue weighted by atomic mass is 9.81. The molecule has 0 spiro atoms. The number of carbonyl (C=O) groups excluding carboxylic acids is 6. The van der Waals surface area contributed by atoms with Gasteiger partial charge in [-0.2, -0.15) is 19.2 Å². The molecule has 6 aliphatic rings. The highest BCUT2D eigenvalue weighted by Gasteiger charge is 2.36. The number of piperidine rings is 2. The third-order valence-electron chi connectivity index (χ3n) is 19.1. The van der Waals surface area contributed by atoms with Crippen molar-refractivity contribution in [1.29, 1.82) is 0 Å². The number of anilines is 2. The third-order valence-corrected chi connectivity index (χ3v) is 19.1. The first-order chi connectivity index (χ1) is 40.9. The topological polar surface area (TPSA) is 144 Å². The van der Waals surface area contributed by atoms with Crippen LogP contribution in [0.5, 0.6) is 0 Å². The summed E-state index contributed by atoms with van der Waals surface area (Å²) in [5.74, 6) is 2.45. The fraction of sp³-hybridized carbons (Fsp3) is 0.543. The molecule has 2 atom stereocenters. The van der Waals surface area contributed by atoms with E-state index in [0.717, 1.165) is 100.0 Å². The number of benzene rings is 4. The second-order valence-electron chi connectivity index (χ2n) is 24.9. The second-order valence-corrected chi connectivity index (χ2v) is 24.9. The van der Waals surface area contributed by atoms with Crippen LogP contribution in [0.2, 0.25) is 0 Å². The summed E-state index contributed by atoms with van der Waals surface area (Å²) >= 11 is 0. The molecule has 448 valence electrons. The molecule has 0 unspecified atom stereocenters. The fourth-order valence-electron chi connectivity index (χ4n) is 15.0. The van der Waals surface area contributed by atoms with Crippen molar-refractivity contribution >= 4 is 57.3 Å². The molecule has 2 saturated carbocycles. The summed E-state index contributed by atoms with van der Waals surface area (Å²) in [6, 6.07) is 27.6. The van der Waals surface area contributed by atoms with Crippen LogP contribution >= 0.6 is 0 Å². The highest BCUT2D eigenvalue weighted by molar-refractivity contribution is 6.07. The molecule has 6 heterocycles. The molecular weight excluding hydrogens is 1050 g/mol. The summed E-state index contributed by atoms with van der Waals surface area (Å²) in [5, 5.41) is 2.79. The average Bonchev–Trinajstić information content (AvgIpc) is 1.86. The highest BCUT2D eigenvalue weighted by Crippen LogP contribution is 2.50. The van der Waals surface area contributed by atoms with Crippen molar-refractivity contribution in [3.05, 3.63) is 106 Å². The maximum atomic E-state index is 14.1. The van der Waals surface area contributed by atoms with Gasteiger partial charge in [0, 0.05) is 112 Å². The number of likely N-dealkylation sites (tertiary alicyclic amines) is 2. The lowest BCUT2D eigenvalue weighted by Gasteiger charge is -2.35. The molecule has 2 aromatic heterocycles. The number of amides is 2. The minimum atomic E-state index is -0.0134. The number of fused-ring (bicyclic) bond motifs is 10. The number of rotatable bonds is 13. The second kappa shape index (κ2) is 29.4. The molecule has 6 aromatic rings. The predicted molar refractivity (Wildman–Crippen MR) is 331 cm³/mol. The SMILES string of the molecule is COCC[C@@H]1CCCN(C(=O)CN2C(=O)Cn3c(c(C4CCCCC4)c4ccc(C)cc43)-c3ccc(C)cc32)C1.COCC[C@@H]1CCCN(CCN2CCn3c(c(C4CCCCC4)c4ccc(C)cc43)-c3ccc(C)cc32)C1.O=C=O.O=C=O. The summed E-state index contributed by atoms with van der Waals surface area (Å²) in [5.41, 5.74) is 18.2. The molecule has 0 bridgehead atoms. The summed E-state index contributed by atoms with van der Waals surface area (Å²) in [6.07, 6.45) is 20.5. The van der Waals surface area contributed by atoms with E-state index in [2.05, 4.69) is 119 Å². The minimum absolute atomic E-state index is 0.0134. The van der Waals surface area contributed by atoms with E-state index < -0.39 is 0 Å². The number of aryl methyl sites for hydroxylation is 4. The van der Waals surface area contributed by atoms with Crippen molar-refractivity contribution in [3.8, 4) is 22.5 Å². The van der Waals surface area contributed by atoms with Gasteiger partial charge in [0.15, 0.2) is 0 Å². The lowest BCUT2D eigenvalue weighted by Crippen LogP contribution is -2.47. The Morgan fingerprint density at radius 3 is 1.60 bits per heavy atom. The number of hydrogen-bond donors (Lipinski definition) is 0. The van der Waals surface area contributed by atoms with E-state index in [1.54, 1.807) is 17.6 Å². The van der Waals surface area contributed by atoms with Gasteiger partial charge < -0.3 is 38.2 Å². The molecule has 84 heavy (non-hydrogen) atoms. The van der Waals surface area contributed by atoms with Crippen LogP contribution in [0.15, 0.2) is 72.8 Å². The molecule has 14 heteroatoms. The maximum absolute atomic E-state index is 14.1. The highest BCUT2D eigenvalue weighted by atomic mass is 16.5. The van der Waals surface area contributed by atoms with Crippen molar-refractivity contribution in [1.82, 2.24) is 18.9 Å². The zero-order valence-corrected chi connectivity index (χ0v) is 51.0. The Hall–Kier alpha value is -6.66. The molecule has 4 aliphatic heterocycles. The summed E-state index contributed by atoms with van der Waals surface area (Å²) in [7, 11) is 3.57. The molecule has 0 radical (unpaired) electrons. The standard InChI is InChI=1S/C34H43N3O3.C34H47N3O.2CO2/c1-23-11-13-27-29(18-23)37-22-32(39)36(21-31(38)35-16-7-8-25(20-35)15-17-40-3)30-19-24(2)12-14-28(30)34(37)33(27)26-9-5-4-6-10-26;1-25-12-14-30-31(22-25)36(18-17-35-16-7-8-27(24-35)15-21-38-3)19-20-37-32-23-26(2)11-13-29(32)33(34(30)37)28-9-5-4-6-10-28;2*2-1-3/h11-14,18-19,25-26H,4-10,15-17,20-22H2,1-3H3;11-14,22-23,27-28H,4-10,15-21,24H2,1-3H3;;/t25-;27-;;/m00../s1. The van der Waals surface area contributed by atoms with Crippen LogP contribution in [-0.4, -0.2) is 123 Å². The van der Waals surface area contributed by atoms with Gasteiger partial charge in [0.25, 0.3) is 0 Å².